The molecule has 5 rings (SSSR count). The van der Waals surface area contributed by atoms with Gasteiger partial charge in [-0.25, -0.2) is 9.37 Å². The van der Waals surface area contributed by atoms with Gasteiger partial charge in [0.25, 0.3) is 5.56 Å². The fraction of sp³-hybridized carbons (Fsp3) is 0.429. The van der Waals surface area contributed by atoms with Crippen molar-refractivity contribution >= 4 is 5.95 Å². The van der Waals surface area contributed by atoms with E-state index in [0.29, 0.717) is 12.5 Å². The molecule has 0 amide bonds. The molecule has 2 aliphatic heterocycles. The van der Waals surface area contributed by atoms with Crippen LogP contribution in [0.25, 0.3) is 0 Å². The van der Waals surface area contributed by atoms with Gasteiger partial charge in [-0.05, 0) is 35.4 Å². The predicted molar refractivity (Wildman–Crippen MR) is 142 cm³/mol. The minimum absolute atomic E-state index is 0.103. The molecule has 2 saturated heterocycles. The summed E-state index contributed by atoms with van der Waals surface area (Å²) in [6.07, 6.45) is 0. The maximum absolute atomic E-state index is 13.2. The number of methoxy groups -OCH3 is 1. The Labute approximate surface area is 217 Å². The van der Waals surface area contributed by atoms with Crippen molar-refractivity contribution in [1.82, 2.24) is 24.7 Å². The smallest absolute Gasteiger partial charge is 0.252 e. The summed E-state index contributed by atoms with van der Waals surface area (Å²) in [5, 5.41) is 0. The number of hydrogen-bond donors (Lipinski definition) is 1. The van der Waals surface area contributed by atoms with E-state index in [9.17, 15) is 9.18 Å². The number of aromatic amines is 1. The highest BCUT2D eigenvalue weighted by Crippen LogP contribution is 2.17. The van der Waals surface area contributed by atoms with Crippen molar-refractivity contribution < 1.29 is 9.13 Å². The Bertz CT molecular complexity index is 1220. The zero-order valence-electron chi connectivity index (χ0n) is 21.4. The second-order valence-electron chi connectivity index (χ2n) is 9.85. The highest BCUT2D eigenvalue weighted by Gasteiger charge is 2.21. The van der Waals surface area contributed by atoms with Crippen molar-refractivity contribution in [2.75, 3.05) is 64.4 Å². The monoisotopic (exact) mass is 506 g/mol. The van der Waals surface area contributed by atoms with E-state index in [4.69, 9.17) is 9.72 Å². The van der Waals surface area contributed by atoms with E-state index in [1.807, 2.05) is 24.3 Å². The predicted octanol–water partition coefficient (Wildman–Crippen LogP) is 2.56. The Morgan fingerprint density at radius 1 is 0.811 bits per heavy atom. The first-order valence-electron chi connectivity index (χ1n) is 12.9. The molecule has 2 fully saturated rings. The van der Waals surface area contributed by atoms with E-state index in [1.54, 1.807) is 13.2 Å². The van der Waals surface area contributed by atoms with Crippen LogP contribution in [-0.4, -0.2) is 84.1 Å². The Morgan fingerprint density at radius 3 is 2.11 bits per heavy atom. The Kier molecular flexibility index (Phi) is 8.13. The van der Waals surface area contributed by atoms with E-state index >= 15 is 0 Å². The van der Waals surface area contributed by atoms with E-state index in [1.165, 1.54) is 17.7 Å². The molecule has 0 unspecified atom stereocenters. The molecule has 1 aromatic heterocycles. The summed E-state index contributed by atoms with van der Waals surface area (Å²) in [5.74, 6) is 1.34. The van der Waals surface area contributed by atoms with Gasteiger partial charge in [0.15, 0.2) is 0 Å². The topological polar surface area (TPSA) is 67.9 Å². The van der Waals surface area contributed by atoms with Crippen LogP contribution < -0.4 is 15.2 Å². The van der Waals surface area contributed by atoms with Crippen LogP contribution in [0.2, 0.25) is 0 Å². The van der Waals surface area contributed by atoms with Crippen LogP contribution in [0.3, 0.4) is 0 Å². The highest BCUT2D eigenvalue weighted by atomic mass is 19.1. The molecule has 0 spiro atoms. The molecule has 2 aliphatic rings. The van der Waals surface area contributed by atoms with Gasteiger partial charge in [0.2, 0.25) is 5.95 Å². The number of H-pyrrole nitrogens is 1. The fourth-order valence-corrected chi connectivity index (χ4v) is 5.05. The summed E-state index contributed by atoms with van der Waals surface area (Å²) < 4.78 is 18.5. The van der Waals surface area contributed by atoms with Crippen molar-refractivity contribution in [1.29, 1.82) is 0 Å². The number of anilines is 1. The fourth-order valence-electron chi connectivity index (χ4n) is 5.05. The second-order valence-corrected chi connectivity index (χ2v) is 9.85. The molecule has 9 heteroatoms. The average Bonchev–Trinajstić information content (AvgIpc) is 2.91. The van der Waals surface area contributed by atoms with Crippen LogP contribution in [0.15, 0.2) is 59.4 Å². The molecule has 3 heterocycles. The molecule has 3 aromatic rings. The van der Waals surface area contributed by atoms with Crippen molar-refractivity contribution in [3.63, 3.8) is 0 Å². The van der Waals surface area contributed by atoms with Crippen LogP contribution in [0.1, 0.15) is 16.8 Å². The average molecular weight is 507 g/mol. The van der Waals surface area contributed by atoms with Gasteiger partial charge in [-0.3, -0.25) is 24.5 Å². The standard InChI is InChI=1S/C28H35FN6O2/c1-37-26-4-2-3-23(17-26)20-33-13-15-35(16-14-33)28-30-25(18-27(36)31-28)21-34-11-9-32(10-12-34)19-22-5-7-24(29)8-6-22/h2-8,17-18H,9-16,19-21H2,1H3,(H,30,31,36). The molecular formula is C28H35FN6O2. The highest BCUT2D eigenvalue weighted by molar-refractivity contribution is 5.32. The first-order chi connectivity index (χ1) is 18.0. The summed E-state index contributed by atoms with van der Waals surface area (Å²) in [4.78, 5) is 29.5. The van der Waals surface area contributed by atoms with E-state index in [2.05, 4.69) is 36.7 Å². The van der Waals surface area contributed by atoms with Crippen molar-refractivity contribution in [2.45, 2.75) is 19.6 Å². The number of benzene rings is 2. The molecule has 0 radical (unpaired) electrons. The van der Waals surface area contributed by atoms with Crippen molar-refractivity contribution in [3.05, 3.63) is 87.6 Å². The van der Waals surface area contributed by atoms with Crippen LogP contribution >= 0.6 is 0 Å². The van der Waals surface area contributed by atoms with Crippen LogP contribution in [0.5, 0.6) is 5.75 Å². The first kappa shape index (κ1) is 25.4. The number of rotatable bonds is 8. The van der Waals surface area contributed by atoms with Gasteiger partial charge in [0.05, 0.1) is 12.8 Å². The third-order valence-corrected chi connectivity index (χ3v) is 7.16. The molecule has 1 N–H and O–H groups in total. The van der Waals surface area contributed by atoms with Gasteiger partial charge in [0.1, 0.15) is 11.6 Å². The maximum Gasteiger partial charge on any atom is 0.252 e. The Hall–Kier alpha value is -3.27. The Morgan fingerprint density at radius 2 is 1.43 bits per heavy atom. The summed E-state index contributed by atoms with van der Waals surface area (Å²) in [7, 11) is 1.69. The zero-order valence-corrected chi connectivity index (χ0v) is 21.4. The van der Waals surface area contributed by atoms with Crippen LogP contribution in [-0.2, 0) is 19.6 Å². The minimum atomic E-state index is -0.201. The van der Waals surface area contributed by atoms with E-state index in [0.717, 1.165) is 82.5 Å². The van der Waals surface area contributed by atoms with Gasteiger partial charge in [0, 0.05) is 78.1 Å². The largest absolute Gasteiger partial charge is 0.497 e. The summed E-state index contributed by atoms with van der Waals surface area (Å²) in [6, 6.07) is 16.5. The number of aromatic nitrogens is 2. The second kappa shape index (κ2) is 11.9. The molecule has 196 valence electrons. The molecule has 0 saturated carbocycles. The molecule has 0 atom stereocenters. The molecule has 0 aliphatic carbocycles. The maximum atomic E-state index is 13.2. The molecule has 0 bridgehead atoms. The third-order valence-electron chi connectivity index (χ3n) is 7.16. The van der Waals surface area contributed by atoms with Crippen molar-refractivity contribution in [2.24, 2.45) is 0 Å². The molecular weight excluding hydrogens is 471 g/mol. The number of halogens is 1. The van der Waals surface area contributed by atoms with Crippen LogP contribution in [0.4, 0.5) is 10.3 Å². The lowest BCUT2D eigenvalue weighted by Gasteiger charge is -2.36. The number of piperazine rings is 2. The lowest BCUT2D eigenvalue weighted by molar-refractivity contribution is 0.121. The summed E-state index contributed by atoms with van der Waals surface area (Å²) >= 11 is 0. The quantitative estimate of drug-likeness (QED) is 0.504. The van der Waals surface area contributed by atoms with Gasteiger partial charge >= 0.3 is 0 Å². The van der Waals surface area contributed by atoms with E-state index < -0.39 is 0 Å². The van der Waals surface area contributed by atoms with Gasteiger partial charge in [-0.15, -0.1) is 0 Å². The molecule has 2 aromatic carbocycles. The third kappa shape index (κ3) is 6.94. The van der Waals surface area contributed by atoms with Gasteiger partial charge < -0.3 is 9.64 Å². The molecule has 8 nitrogen and oxygen atoms in total. The summed E-state index contributed by atoms with van der Waals surface area (Å²) in [6.45, 7) is 9.50. The van der Waals surface area contributed by atoms with E-state index in [-0.39, 0.29) is 11.4 Å². The lowest BCUT2D eigenvalue weighted by Crippen LogP contribution is -2.47. The number of hydrogen-bond acceptors (Lipinski definition) is 7. The van der Waals surface area contributed by atoms with Gasteiger partial charge in [-0.2, -0.15) is 0 Å². The first-order valence-corrected chi connectivity index (χ1v) is 12.9. The number of nitrogens with zero attached hydrogens (tertiary/aromatic N) is 5. The zero-order chi connectivity index (χ0) is 25.6. The van der Waals surface area contributed by atoms with Crippen molar-refractivity contribution in [3.8, 4) is 5.75 Å². The summed E-state index contributed by atoms with van der Waals surface area (Å²) in [5.41, 5.74) is 3.07. The SMILES string of the molecule is COc1cccc(CN2CCN(c3nc(CN4CCN(Cc5ccc(F)cc5)CC4)cc(=O)[nH]3)CC2)c1. The molecule has 37 heavy (non-hydrogen) atoms. The van der Waals surface area contributed by atoms with Gasteiger partial charge in [-0.1, -0.05) is 24.3 Å². The Balaban J connectivity index is 1.12. The number of ether oxygens (including phenoxy) is 1. The lowest BCUT2D eigenvalue weighted by atomic mass is 10.2. The number of nitrogens with one attached hydrogen (secondary N) is 1. The van der Waals surface area contributed by atoms with Crippen LogP contribution in [0, 0.1) is 5.82 Å². The minimum Gasteiger partial charge on any atom is -0.497 e. The normalized spacial score (nSPS) is 17.7.